The molecule has 0 saturated heterocycles. The number of aliphatic hydroxyl groups excluding tert-OH is 1. The van der Waals surface area contributed by atoms with E-state index in [-0.39, 0.29) is 13.2 Å². The minimum atomic E-state index is -0.410. The zero-order chi connectivity index (χ0) is 14.0. The summed E-state index contributed by atoms with van der Waals surface area (Å²) in [7, 11) is 1.75. The predicted octanol–water partition coefficient (Wildman–Crippen LogP) is 2.59. The van der Waals surface area contributed by atoms with Gasteiger partial charge in [0.15, 0.2) is 0 Å². The minimum Gasteiger partial charge on any atom is -0.488 e. The Bertz CT molecular complexity index is 599. The van der Waals surface area contributed by atoms with E-state index in [9.17, 15) is 4.39 Å². The number of aryl methyl sites for hydroxylation is 2. The van der Waals surface area contributed by atoms with Gasteiger partial charge in [0, 0.05) is 18.2 Å². The lowest BCUT2D eigenvalue weighted by Crippen LogP contribution is -2.00. The van der Waals surface area contributed by atoms with Gasteiger partial charge in [-0.3, -0.25) is 4.68 Å². The molecule has 1 aromatic carbocycles. The molecule has 0 aliphatic carbocycles. The number of hydrogen-bond acceptors (Lipinski definition) is 3. The van der Waals surface area contributed by atoms with Gasteiger partial charge in [0.1, 0.15) is 23.3 Å². The second-order valence-electron chi connectivity index (χ2n) is 4.18. The molecule has 1 aromatic heterocycles. The fourth-order valence-electron chi connectivity index (χ4n) is 1.80. The Morgan fingerprint density at radius 1 is 1.47 bits per heavy atom. The molecule has 0 bridgehead atoms. The van der Waals surface area contributed by atoms with Gasteiger partial charge in [0.2, 0.25) is 0 Å². The van der Waals surface area contributed by atoms with Crippen molar-refractivity contribution in [3.05, 3.63) is 46.0 Å². The second kappa shape index (κ2) is 5.59. The van der Waals surface area contributed by atoms with Gasteiger partial charge in [-0.15, -0.1) is 0 Å². The average molecular weight is 285 g/mol. The summed E-state index contributed by atoms with van der Waals surface area (Å²) in [6.45, 7) is 1.77. The van der Waals surface area contributed by atoms with Crippen molar-refractivity contribution in [2.75, 3.05) is 0 Å². The maximum absolute atomic E-state index is 13.0. The molecule has 0 spiro atoms. The normalized spacial score (nSPS) is 10.8. The molecular formula is C13H14ClFN2O2. The molecule has 6 heteroatoms. The highest BCUT2D eigenvalue weighted by atomic mass is 35.5. The zero-order valence-corrected chi connectivity index (χ0v) is 11.4. The molecule has 1 N–H and O–H groups in total. The Morgan fingerprint density at radius 2 is 2.21 bits per heavy atom. The molecule has 102 valence electrons. The van der Waals surface area contributed by atoms with E-state index in [1.165, 1.54) is 18.2 Å². The molecule has 0 fully saturated rings. The van der Waals surface area contributed by atoms with Gasteiger partial charge < -0.3 is 9.84 Å². The summed E-state index contributed by atoms with van der Waals surface area (Å²) in [6, 6.07) is 4.01. The SMILES string of the molecule is Cc1nn(C)c(Cl)c1COc1ccc(F)cc1CO. The number of benzene rings is 1. The molecule has 0 aliphatic rings. The summed E-state index contributed by atoms with van der Waals surface area (Å²) >= 11 is 6.09. The molecular weight excluding hydrogens is 271 g/mol. The van der Waals surface area contributed by atoms with Crippen LogP contribution in [0.25, 0.3) is 0 Å². The topological polar surface area (TPSA) is 47.3 Å². The molecule has 0 atom stereocenters. The Balaban J connectivity index is 2.19. The van der Waals surface area contributed by atoms with E-state index >= 15 is 0 Å². The first kappa shape index (κ1) is 13.8. The summed E-state index contributed by atoms with van der Waals surface area (Å²) in [5.74, 6) is 0.0233. The van der Waals surface area contributed by atoms with Crippen LogP contribution in [0.3, 0.4) is 0 Å². The van der Waals surface area contributed by atoms with Gasteiger partial charge in [-0.05, 0) is 25.1 Å². The maximum Gasteiger partial charge on any atom is 0.133 e. The third kappa shape index (κ3) is 2.88. The van der Waals surface area contributed by atoms with Crippen molar-refractivity contribution in [1.82, 2.24) is 9.78 Å². The smallest absolute Gasteiger partial charge is 0.133 e. The van der Waals surface area contributed by atoms with Crippen LogP contribution in [-0.4, -0.2) is 14.9 Å². The summed E-state index contributed by atoms with van der Waals surface area (Å²) < 4.78 is 20.2. The van der Waals surface area contributed by atoms with Crippen molar-refractivity contribution in [3.8, 4) is 5.75 Å². The molecule has 0 unspecified atom stereocenters. The van der Waals surface area contributed by atoms with Crippen molar-refractivity contribution >= 4 is 11.6 Å². The van der Waals surface area contributed by atoms with Crippen molar-refractivity contribution in [1.29, 1.82) is 0 Å². The molecule has 2 aromatic rings. The van der Waals surface area contributed by atoms with Crippen LogP contribution in [0.15, 0.2) is 18.2 Å². The maximum atomic E-state index is 13.0. The van der Waals surface area contributed by atoms with Gasteiger partial charge in [-0.1, -0.05) is 11.6 Å². The van der Waals surface area contributed by atoms with Crippen LogP contribution in [0.4, 0.5) is 4.39 Å². The summed E-state index contributed by atoms with van der Waals surface area (Å²) in [5.41, 5.74) is 1.95. The Labute approximate surface area is 115 Å². The van der Waals surface area contributed by atoms with E-state index < -0.39 is 5.82 Å². The quantitative estimate of drug-likeness (QED) is 0.939. The number of hydrogen-bond donors (Lipinski definition) is 1. The lowest BCUT2D eigenvalue weighted by molar-refractivity contribution is 0.258. The molecule has 2 rings (SSSR count). The molecule has 4 nitrogen and oxygen atoms in total. The highest BCUT2D eigenvalue weighted by molar-refractivity contribution is 6.30. The van der Waals surface area contributed by atoms with Crippen LogP contribution in [0.1, 0.15) is 16.8 Å². The summed E-state index contributed by atoms with van der Waals surface area (Å²) in [4.78, 5) is 0. The third-order valence-electron chi connectivity index (χ3n) is 2.83. The van der Waals surface area contributed by atoms with Gasteiger partial charge in [-0.2, -0.15) is 5.10 Å². The van der Waals surface area contributed by atoms with Gasteiger partial charge in [0.25, 0.3) is 0 Å². The minimum absolute atomic E-state index is 0.219. The fraction of sp³-hybridized carbons (Fsp3) is 0.308. The fourth-order valence-corrected chi connectivity index (χ4v) is 2.03. The summed E-state index contributed by atoms with van der Waals surface area (Å²) in [5, 5.41) is 13.8. The van der Waals surface area contributed by atoms with E-state index in [0.717, 1.165) is 11.3 Å². The second-order valence-corrected chi connectivity index (χ2v) is 4.54. The molecule has 19 heavy (non-hydrogen) atoms. The number of rotatable bonds is 4. The van der Waals surface area contributed by atoms with Crippen molar-refractivity contribution < 1.29 is 14.2 Å². The van der Waals surface area contributed by atoms with E-state index in [0.29, 0.717) is 16.5 Å². The van der Waals surface area contributed by atoms with E-state index in [1.807, 2.05) is 6.92 Å². The van der Waals surface area contributed by atoms with E-state index in [4.69, 9.17) is 21.4 Å². The van der Waals surface area contributed by atoms with Crippen LogP contribution >= 0.6 is 11.6 Å². The van der Waals surface area contributed by atoms with Crippen LogP contribution in [0.5, 0.6) is 5.75 Å². The Hall–Kier alpha value is -1.59. The van der Waals surface area contributed by atoms with E-state index in [2.05, 4.69) is 5.10 Å². The molecule has 0 aliphatic heterocycles. The largest absolute Gasteiger partial charge is 0.488 e. The first-order chi connectivity index (χ1) is 9.02. The van der Waals surface area contributed by atoms with Crippen LogP contribution in [0, 0.1) is 12.7 Å². The van der Waals surface area contributed by atoms with Crippen LogP contribution in [0.2, 0.25) is 5.15 Å². The van der Waals surface area contributed by atoms with E-state index in [1.54, 1.807) is 11.7 Å². The number of aromatic nitrogens is 2. The third-order valence-corrected chi connectivity index (χ3v) is 3.31. The molecule has 1 heterocycles. The molecule has 0 radical (unpaired) electrons. The van der Waals surface area contributed by atoms with Gasteiger partial charge in [-0.25, -0.2) is 4.39 Å². The first-order valence-electron chi connectivity index (χ1n) is 5.73. The lowest BCUT2D eigenvalue weighted by atomic mass is 10.2. The van der Waals surface area contributed by atoms with Crippen molar-refractivity contribution in [2.45, 2.75) is 20.1 Å². The Morgan fingerprint density at radius 3 is 2.79 bits per heavy atom. The van der Waals surface area contributed by atoms with Crippen LogP contribution < -0.4 is 4.74 Å². The number of halogens is 2. The van der Waals surface area contributed by atoms with Gasteiger partial charge >= 0.3 is 0 Å². The standard InChI is InChI=1S/C13H14ClFN2O2/c1-8-11(13(14)17(2)16-8)7-19-12-4-3-10(15)5-9(12)6-18/h3-5,18H,6-7H2,1-2H3. The predicted molar refractivity (Wildman–Crippen MR) is 69.6 cm³/mol. The van der Waals surface area contributed by atoms with Crippen molar-refractivity contribution in [3.63, 3.8) is 0 Å². The highest BCUT2D eigenvalue weighted by Crippen LogP contribution is 2.24. The molecule has 0 saturated carbocycles. The Kier molecular flexibility index (Phi) is 4.07. The number of ether oxygens (including phenoxy) is 1. The monoisotopic (exact) mass is 284 g/mol. The van der Waals surface area contributed by atoms with Crippen LogP contribution in [-0.2, 0) is 20.3 Å². The summed E-state index contributed by atoms with van der Waals surface area (Å²) in [6.07, 6.45) is 0. The van der Waals surface area contributed by atoms with Crippen molar-refractivity contribution in [2.24, 2.45) is 7.05 Å². The first-order valence-corrected chi connectivity index (χ1v) is 6.10. The molecule has 0 amide bonds. The number of aliphatic hydroxyl groups is 1. The highest BCUT2D eigenvalue weighted by Gasteiger charge is 2.13. The lowest BCUT2D eigenvalue weighted by Gasteiger charge is -2.10. The van der Waals surface area contributed by atoms with Gasteiger partial charge in [0.05, 0.1) is 12.3 Å². The average Bonchev–Trinajstić information content (AvgIpc) is 2.62. The zero-order valence-electron chi connectivity index (χ0n) is 10.7. The number of nitrogens with zero attached hydrogens (tertiary/aromatic N) is 2.